The van der Waals surface area contributed by atoms with E-state index in [4.69, 9.17) is 16.3 Å². The molecular weight excluding hydrogens is 360 g/mol. The molecule has 0 bridgehead atoms. The van der Waals surface area contributed by atoms with Gasteiger partial charge < -0.3 is 19.8 Å². The molecule has 1 aromatic heterocycles. The third-order valence-corrected chi connectivity index (χ3v) is 3.78. The number of hydrogen-bond acceptors (Lipinski definition) is 5. The Kier molecular flexibility index (Phi) is 6.80. The molecule has 0 saturated heterocycles. The average molecular weight is 379 g/mol. The largest absolute Gasteiger partial charge is 0.493 e. The molecule has 2 rings (SSSR count). The molecule has 1 aromatic carbocycles. The summed E-state index contributed by atoms with van der Waals surface area (Å²) in [6.45, 7) is 2.23. The van der Waals surface area contributed by atoms with Crippen LogP contribution in [0, 0.1) is 6.92 Å². The lowest BCUT2D eigenvalue weighted by molar-refractivity contribution is -0.116. The number of rotatable bonds is 7. The lowest BCUT2D eigenvalue weighted by atomic mass is 10.2. The summed E-state index contributed by atoms with van der Waals surface area (Å²) in [5, 5.41) is 3.12. The number of pyridine rings is 1. The van der Waals surface area contributed by atoms with Crippen molar-refractivity contribution in [2.75, 3.05) is 19.0 Å². The summed E-state index contributed by atoms with van der Waals surface area (Å²) in [6, 6.07) is 6.58. The van der Waals surface area contributed by atoms with E-state index in [1.54, 1.807) is 18.2 Å². The van der Waals surface area contributed by atoms with Crippen molar-refractivity contribution >= 4 is 29.2 Å². The number of benzene rings is 1. The first kappa shape index (κ1) is 19.5. The summed E-state index contributed by atoms with van der Waals surface area (Å²) in [6.07, 6.45) is 1.85. The highest BCUT2D eigenvalue weighted by atomic mass is 35.5. The van der Waals surface area contributed by atoms with Crippen LogP contribution in [0.1, 0.15) is 28.8 Å². The van der Waals surface area contributed by atoms with Crippen molar-refractivity contribution in [3.63, 3.8) is 0 Å². The zero-order valence-corrected chi connectivity index (χ0v) is 15.2. The van der Waals surface area contributed by atoms with Gasteiger partial charge in [-0.2, -0.15) is 0 Å². The van der Waals surface area contributed by atoms with Crippen LogP contribution >= 0.6 is 11.6 Å². The van der Waals surface area contributed by atoms with Gasteiger partial charge in [-0.15, -0.1) is 0 Å². The molecule has 0 radical (unpaired) electrons. The topological polar surface area (TPSA) is 97.5 Å². The predicted molar refractivity (Wildman–Crippen MR) is 97.9 cm³/mol. The van der Waals surface area contributed by atoms with Crippen LogP contribution in [0.2, 0.25) is 5.02 Å². The van der Waals surface area contributed by atoms with E-state index in [-0.39, 0.29) is 23.6 Å². The second-order valence-corrected chi connectivity index (χ2v) is 5.97. The third-order valence-electron chi connectivity index (χ3n) is 3.54. The van der Waals surface area contributed by atoms with E-state index in [1.165, 1.54) is 19.4 Å². The smallest absolute Gasteiger partial charge is 0.339 e. The molecule has 1 amide bonds. The Morgan fingerprint density at radius 1 is 1.27 bits per heavy atom. The normalized spacial score (nSPS) is 10.3. The maximum Gasteiger partial charge on any atom is 0.339 e. The number of aryl methyl sites for hydroxylation is 1. The summed E-state index contributed by atoms with van der Waals surface area (Å²) in [7, 11) is 1.23. The van der Waals surface area contributed by atoms with Gasteiger partial charge >= 0.3 is 5.97 Å². The first-order chi connectivity index (χ1) is 12.4. The summed E-state index contributed by atoms with van der Waals surface area (Å²) in [4.78, 5) is 37.6. The number of nitrogens with one attached hydrogen (secondary N) is 2. The van der Waals surface area contributed by atoms with E-state index in [2.05, 4.69) is 15.0 Å². The molecule has 0 unspecified atom stereocenters. The fraction of sp³-hybridized carbons (Fsp3) is 0.278. The van der Waals surface area contributed by atoms with Gasteiger partial charge in [0.1, 0.15) is 11.4 Å². The van der Waals surface area contributed by atoms with Crippen LogP contribution in [0.4, 0.5) is 5.69 Å². The number of carbonyl (C=O) groups is 2. The molecule has 0 saturated carbocycles. The van der Waals surface area contributed by atoms with E-state index in [0.29, 0.717) is 23.8 Å². The molecule has 7 nitrogen and oxygen atoms in total. The fourth-order valence-corrected chi connectivity index (χ4v) is 2.44. The minimum Gasteiger partial charge on any atom is -0.493 e. The summed E-state index contributed by atoms with van der Waals surface area (Å²) < 4.78 is 10.2. The van der Waals surface area contributed by atoms with Crippen molar-refractivity contribution < 1.29 is 19.1 Å². The standard InChI is InChI=1S/C18H19ClN2O5/c1-11-8-13(19)5-6-15(11)26-7-3-4-16(22)21-14-9-12(18(24)25-2)10-20-17(14)23/h5-6,8-10H,3-4,7H2,1-2H3,(H,20,23)(H,21,22). The summed E-state index contributed by atoms with van der Waals surface area (Å²) >= 11 is 5.88. The quantitative estimate of drug-likeness (QED) is 0.570. The third kappa shape index (κ3) is 5.35. The monoisotopic (exact) mass is 378 g/mol. The van der Waals surface area contributed by atoms with Crippen molar-refractivity contribution in [3.8, 4) is 5.75 Å². The Morgan fingerprint density at radius 3 is 2.73 bits per heavy atom. The van der Waals surface area contributed by atoms with Crippen molar-refractivity contribution in [2.45, 2.75) is 19.8 Å². The molecule has 8 heteroatoms. The zero-order valence-electron chi connectivity index (χ0n) is 14.4. The molecule has 0 atom stereocenters. The van der Waals surface area contributed by atoms with Gasteiger partial charge in [0, 0.05) is 17.6 Å². The number of hydrogen-bond donors (Lipinski definition) is 2. The van der Waals surface area contributed by atoms with Crippen molar-refractivity contribution in [2.24, 2.45) is 0 Å². The number of anilines is 1. The van der Waals surface area contributed by atoms with E-state index >= 15 is 0 Å². The molecule has 0 aliphatic rings. The number of H-pyrrole nitrogens is 1. The summed E-state index contributed by atoms with van der Waals surface area (Å²) in [5.74, 6) is -0.255. The average Bonchev–Trinajstić information content (AvgIpc) is 2.61. The molecule has 26 heavy (non-hydrogen) atoms. The van der Waals surface area contributed by atoms with Gasteiger partial charge in [-0.3, -0.25) is 9.59 Å². The number of methoxy groups -OCH3 is 1. The van der Waals surface area contributed by atoms with E-state index in [0.717, 1.165) is 5.56 Å². The van der Waals surface area contributed by atoms with Crippen LogP contribution in [0.15, 0.2) is 35.3 Å². The summed E-state index contributed by atoms with van der Waals surface area (Å²) in [5.41, 5.74) is 0.545. The molecule has 0 aliphatic carbocycles. The minimum atomic E-state index is -0.608. The van der Waals surface area contributed by atoms with E-state index < -0.39 is 11.5 Å². The molecule has 0 aliphatic heterocycles. The lowest BCUT2D eigenvalue weighted by Gasteiger charge is -2.09. The van der Waals surface area contributed by atoms with Crippen LogP contribution in [0.5, 0.6) is 5.75 Å². The van der Waals surface area contributed by atoms with Crippen LogP contribution in [0.3, 0.4) is 0 Å². The number of amides is 1. The van der Waals surface area contributed by atoms with Gasteiger partial charge in [0.05, 0.1) is 19.3 Å². The Labute approximate surface area is 155 Å². The van der Waals surface area contributed by atoms with Crippen molar-refractivity contribution in [1.29, 1.82) is 0 Å². The number of aromatic amines is 1. The van der Waals surface area contributed by atoms with Crippen LogP contribution in [0.25, 0.3) is 0 Å². The van der Waals surface area contributed by atoms with Gasteiger partial charge in [-0.05, 0) is 43.2 Å². The molecular formula is C18H19ClN2O5. The highest BCUT2D eigenvalue weighted by Gasteiger charge is 2.11. The molecule has 0 fully saturated rings. The zero-order chi connectivity index (χ0) is 19.1. The molecule has 1 heterocycles. The first-order valence-corrected chi connectivity index (χ1v) is 8.28. The SMILES string of the molecule is COC(=O)c1c[nH]c(=O)c(NC(=O)CCCOc2ccc(Cl)cc2C)c1. The maximum absolute atomic E-state index is 12.0. The van der Waals surface area contributed by atoms with Gasteiger partial charge in [0.2, 0.25) is 5.91 Å². The van der Waals surface area contributed by atoms with Crippen LogP contribution < -0.4 is 15.6 Å². The van der Waals surface area contributed by atoms with Crippen LogP contribution in [-0.2, 0) is 9.53 Å². The van der Waals surface area contributed by atoms with Gasteiger partial charge in [0.25, 0.3) is 5.56 Å². The van der Waals surface area contributed by atoms with Crippen molar-refractivity contribution in [1.82, 2.24) is 4.98 Å². The fourth-order valence-electron chi connectivity index (χ4n) is 2.21. The van der Waals surface area contributed by atoms with Crippen molar-refractivity contribution in [3.05, 3.63) is 57.0 Å². The number of aromatic nitrogens is 1. The molecule has 138 valence electrons. The first-order valence-electron chi connectivity index (χ1n) is 7.90. The molecule has 0 spiro atoms. The Hall–Kier alpha value is -2.80. The second kappa shape index (κ2) is 9.05. The Morgan fingerprint density at radius 2 is 2.04 bits per heavy atom. The molecule has 2 aromatic rings. The minimum absolute atomic E-state index is 0.00707. The number of halogens is 1. The van der Waals surface area contributed by atoms with E-state index in [9.17, 15) is 14.4 Å². The predicted octanol–water partition coefficient (Wildman–Crippen LogP) is 2.92. The van der Waals surface area contributed by atoms with Gasteiger partial charge in [0.15, 0.2) is 0 Å². The van der Waals surface area contributed by atoms with Gasteiger partial charge in [-0.1, -0.05) is 11.6 Å². The highest BCUT2D eigenvalue weighted by molar-refractivity contribution is 6.30. The highest BCUT2D eigenvalue weighted by Crippen LogP contribution is 2.21. The number of carbonyl (C=O) groups excluding carboxylic acids is 2. The molecule has 2 N–H and O–H groups in total. The maximum atomic E-state index is 12.0. The number of ether oxygens (including phenoxy) is 2. The number of esters is 1. The van der Waals surface area contributed by atoms with Crippen LogP contribution in [-0.4, -0.2) is 30.6 Å². The van der Waals surface area contributed by atoms with Gasteiger partial charge in [-0.25, -0.2) is 4.79 Å². The second-order valence-electron chi connectivity index (χ2n) is 5.53. The van der Waals surface area contributed by atoms with E-state index in [1.807, 2.05) is 6.92 Å². The Bertz CT molecular complexity index is 863. The Balaban J connectivity index is 1.85. The lowest BCUT2D eigenvalue weighted by Crippen LogP contribution is -2.21.